The Morgan fingerprint density at radius 3 is 2.72 bits per heavy atom. The van der Waals surface area contributed by atoms with E-state index in [-0.39, 0.29) is 0 Å². The van der Waals surface area contributed by atoms with Crippen molar-refractivity contribution in [2.75, 3.05) is 13.2 Å². The van der Waals surface area contributed by atoms with Crippen molar-refractivity contribution in [3.63, 3.8) is 0 Å². The van der Waals surface area contributed by atoms with Crippen LogP contribution in [0.25, 0.3) is 0 Å². The van der Waals surface area contributed by atoms with Gasteiger partial charge in [-0.15, -0.1) is 0 Å². The lowest BCUT2D eigenvalue weighted by molar-refractivity contribution is 0.181. The summed E-state index contributed by atoms with van der Waals surface area (Å²) < 4.78 is 7.52. The number of nitrogens with zero attached hydrogens (tertiary/aromatic N) is 2. The first kappa shape index (κ1) is 13.6. The lowest BCUT2D eigenvalue weighted by atomic mass is 10.0. The first-order chi connectivity index (χ1) is 8.67. The second-order valence-corrected chi connectivity index (χ2v) is 5.10. The Balaban J connectivity index is 2.28. The van der Waals surface area contributed by atoms with Crippen LogP contribution in [-0.4, -0.2) is 28.1 Å². The molecule has 0 radical (unpaired) electrons. The quantitative estimate of drug-likeness (QED) is 0.873. The molecule has 1 N–H and O–H groups in total. The minimum absolute atomic E-state index is 0.427. The summed E-state index contributed by atoms with van der Waals surface area (Å²) in [7, 11) is 0. The Morgan fingerprint density at radius 2 is 2.22 bits per heavy atom. The lowest BCUT2D eigenvalue weighted by Gasteiger charge is -2.12. The van der Waals surface area contributed by atoms with Crippen molar-refractivity contribution >= 4 is 0 Å². The molecule has 0 aliphatic carbocycles. The number of ether oxygens (including phenoxy) is 1. The highest BCUT2D eigenvalue weighted by Gasteiger charge is 2.22. The van der Waals surface area contributed by atoms with Gasteiger partial charge in [0, 0.05) is 30.3 Å². The van der Waals surface area contributed by atoms with E-state index >= 15 is 0 Å². The third-order valence-electron chi connectivity index (χ3n) is 3.72. The van der Waals surface area contributed by atoms with E-state index in [4.69, 9.17) is 4.74 Å². The van der Waals surface area contributed by atoms with Gasteiger partial charge in [-0.3, -0.25) is 4.68 Å². The van der Waals surface area contributed by atoms with Gasteiger partial charge in [-0.1, -0.05) is 13.8 Å². The third kappa shape index (κ3) is 2.59. The summed E-state index contributed by atoms with van der Waals surface area (Å²) in [5, 5.41) is 14.6. The van der Waals surface area contributed by atoms with Crippen molar-refractivity contribution in [3.05, 3.63) is 17.0 Å². The number of hydrogen-bond acceptors (Lipinski definition) is 3. The number of aryl methyl sites for hydroxylation is 1. The molecule has 1 aromatic rings. The van der Waals surface area contributed by atoms with E-state index in [1.807, 2.05) is 6.92 Å². The van der Waals surface area contributed by atoms with Crippen LogP contribution in [0, 0.1) is 5.92 Å². The van der Waals surface area contributed by atoms with Gasteiger partial charge in [0.05, 0.1) is 18.4 Å². The van der Waals surface area contributed by atoms with E-state index < -0.39 is 6.10 Å². The Bertz CT molecular complexity index is 393. The first-order valence-corrected chi connectivity index (χ1v) is 7.01. The fourth-order valence-electron chi connectivity index (χ4n) is 2.80. The predicted molar refractivity (Wildman–Crippen MR) is 70.5 cm³/mol. The van der Waals surface area contributed by atoms with E-state index in [1.54, 1.807) is 0 Å². The van der Waals surface area contributed by atoms with E-state index in [1.165, 1.54) is 5.69 Å². The van der Waals surface area contributed by atoms with Gasteiger partial charge in [-0.25, -0.2) is 0 Å². The molecule has 0 saturated carbocycles. The van der Waals surface area contributed by atoms with Gasteiger partial charge in [0.15, 0.2) is 0 Å². The second kappa shape index (κ2) is 5.85. The first-order valence-electron chi connectivity index (χ1n) is 7.01. The SMILES string of the molecule is CCc1nn(CC2CCOC2)c(CC)c1C(C)O. The van der Waals surface area contributed by atoms with Crippen LogP contribution in [0.4, 0.5) is 0 Å². The zero-order valence-corrected chi connectivity index (χ0v) is 11.6. The summed E-state index contributed by atoms with van der Waals surface area (Å²) in [6, 6.07) is 0. The van der Waals surface area contributed by atoms with Crippen LogP contribution in [0.5, 0.6) is 0 Å². The molecule has 18 heavy (non-hydrogen) atoms. The molecular formula is C14H24N2O2. The van der Waals surface area contributed by atoms with E-state index in [2.05, 4.69) is 23.6 Å². The summed E-state index contributed by atoms with van der Waals surface area (Å²) in [5.74, 6) is 0.571. The summed E-state index contributed by atoms with van der Waals surface area (Å²) in [6.07, 6.45) is 2.49. The van der Waals surface area contributed by atoms with Crippen LogP contribution < -0.4 is 0 Å². The van der Waals surface area contributed by atoms with E-state index in [0.29, 0.717) is 5.92 Å². The molecule has 102 valence electrons. The van der Waals surface area contributed by atoms with Gasteiger partial charge >= 0.3 is 0 Å². The van der Waals surface area contributed by atoms with E-state index in [0.717, 1.165) is 50.3 Å². The van der Waals surface area contributed by atoms with Gasteiger partial charge < -0.3 is 9.84 Å². The average molecular weight is 252 g/mol. The summed E-state index contributed by atoms with van der Waals surface area (Å²) >= 11 is 0. The van der Waals surface area contributed by atoms with Crippen LogP contribution in [0.3, 0.4) is 0 Å². The van der Waals surface area contributed by atoms with Crippen LogP contribution in [0.15, 0.2) is 0 Å². The maximum absolute atomic E-state index is 9.94. The molecule has 0 aromatic carbocycles. The van der Waals surface area contributed by atoms with Crippen molar-refractivity contribution in [2.24, 2.45) is 5.92 Å². The fourth-order valence-corrected chi connectivity index (χ4v) is 2.80. The number of aliphatic hydroxyl groups excluding tert-OH is 1. The highest BCUT2D eigenvalue weighted by Crippen LogP contribution is 2.25. The minimum atomic E-state index is -0.427. The number of hydrogen-bond donors (Lipinski definition) is 1. The van der Waals surface area contributed by atoms with Crippen LogP contribution in [0.1, 0.15) is 50.2 Å². The van der Waals surface area contributed by atoms with Crippen LogP contribution in [0.2, 0.25) is 0 Å². The van der Waals surface area contributed by atoms with Gasteiger partial charge in [0.1, 0.15) is 0 Å². The normalized spacial score (nSPS) is 21.4. The monoisotopic (exact) mass is 252 g/mol. The zero-order valence-electron chi connectivity index (χ0n) is 11.6. The molecule has 0 spiro atoms. The molecule has 2 heterocycles. The molecular weight excluding hydrogens is 228 g/mol. The summed E-state index contributed by atoms with van der Waals surface area (Å²) in [5.41, 5.74) is 3.27. The predicted octanol–water partition coefficient (Wildman–Crippen LogP) is 2.10. The molecule has 1 saturated heterocycles. The molecule has 2 atom stereocenters. The second-order valence-electron chi connectivity index (χ2n) is 5.10. The van der Waals surface area contributed by atoms with Gasteiger partial charge in [-0.2, -0.15) is 5.10 Å². The molecule has 1 aromatic heterocycles. The van der Waals surface area contributed by atoms with Crippen molar-refractivity contribution in [3.8, 4) is 0 Å². The molecule has 1 aliphatic heterocycles. The van der Waals surface area contributed by atoms with Crippen molar-refractivity contribution in [2.45, 2.75) is 52.7 Å². The Morgan fingerprint density at radius 1 is 1.44 bits per heavy atom. The molecule has 4 nitrogen and oxygen atoms in total. The van der Waals surface area contributed by atoms with Crippen molar-refractivity contribution in [1.29, 1.82) is 0 Å². The Kier molecular flexibility index (Phi) is 4.40. The van der Waals surface area contributed by atoms with Gasteiger partial charge in [-0.05, 0) is 26.2 Å². The molecule has 0 bridgehead atoms. The smallest absolute Gasteiger partial charge is 0.0798 e. The van der Waals surface area contributed by atoms with Gasteiger partial charge in [0.2, 0.25) is 0 Å². The van der Waals surface area contributed by atoms with Crippen LogP contribution >= 0.6 is 0 Å². The molecule has 0 amide bonds. The molecule has 4 heteroatoms. The molecule has 1 aliphatic rings. The third-order valence-corrected chi connectivity index (χ3v) is 3.72. The topological polar surface area (TPSA) is 47.3 Å². The average Bonchev–Trinajstić information content (AvgIpc) is 2.96. The maximum Gasteiger partial charge on any atom is 0.0798 e. The molecule has 2 unspecified atom stereocenters. The van der Waals surface area contributed by atoms with Crippen molar-refractivity contribution in [1.82, 2.24) is 9.78 Å². The highest BCUT2D eigenvalue weighted by atomic mass is 16.5. The largest absolute Gasteiger partial charge is 0.389 e. The maximum atomic E-state index is 9.94. The number of aromatic nitrogens is 2. The Hall–Kier alpha value is -0.870. The zero-order chi connectivity index (χ0) is 13.1. The highest BCUT2D eigenvalue weighted by molar-refractivity contribution is 5.28. The Labute approximate surface area is 109 Å². The number of aliphatic hydroxyl groups is 1. The van der Waals surface area contributed by atoms with E-state index in [9.17, 15) is 5.11 Å². The fraction of sp³-hybridized carbons (Fsp3) is 0.786. The van der Waals surface area contributed by atoms with Crippen molar-refractivity contribution < 1.29 is 9.84 Å². The molecule has 1 fully saturated rings. The summed E-state index contributed by atoms with van der Waals surface area (Å²) in [6.45, 7) is 8.69. The number of rotatable bonds is 5. The minimum Gasteiger partial charge on any atom is -0.389 e. The standard InChI is InChI=1S/C14H24N2O2/c1-4-12-14(10(3)17)13(5-2)16(15-12)8-11-6-7-18-9-11/h10-11,17H,4-9H2,1-3H3. The lowest BCUT2D eigenvalue weighted by Crippen LogP contribution is -2.14. The van der Waals surface area contributed by atoms with Crippen LogP contribution in [-0.2, 0) is 24.1 Å². The summed E-state index contributed by atoms with van der Waals surface area (Å²) in [4.78, 5) is 0. The van der Waals surface area contributed by atoms with Gasteiger partial charge in [0.25, 0.3) is 0 Å². The molecule has 2 rings (SSSR count).